The lowest BCUT2D eigenvalue weighted by Gasteiger charge is -2.31. The molecule has 0 spiro atoms. The summed E-state index contributed by atoms with van der Waals surface area (Å²) in [6, 6.07) is 8.62. The number of nitrogens with zero attached hydrogens (tertiary/aromatic N) is 1. The Kier molecular flexibility index (Phi) is 5.86. The van der Waals surface area contributed by atoms with E-state index < -0.39 is 30.2 Å². The fourth-order valence-corrected chi connectivity index (χ4v) is 3.52. The minimum atomic E-state index is -2.79. The molecule has 142 valence electrons. The molecule has 2 unspecified atom stereocenters. The van der Waals surface area contributed by atoms with Crippen LogP contribution in [0.2, 0.25) is 0 Å². The summed E-state index contributed by atoms with van der Waals surface area (Å²) < 4.78 is 32.1. The maximum atomic E-state index is 13.4. The third-order valence-electron chi connectivity index (χ3n) is 4.99. The van der Waals surface area contributed by atoms with E-state index in [4.69, 9.17) is 4.74 Å². The summed E-state index contributed by atoms with van der Waals surface area (Å²) in [5.74, 6) is -4.16. The van der Waals surface area contributed by atoms with Crippen molar-refractivity contribution < 1.29 is 23.1 Å². The Hall–Kier alpha value is -2.02. The largest absolute Gasteiger partial charge is 0.378 e. The zero-order chi connectivity index (χ0) is 18.6. The highest BCUT2D eigenvalue weighted by molar-refractivity contribution is 5.89. The van der Waals surface area contributed by atoms with Crippen molar-refractivity contribution in [1.29, 1.82) is 0 Å². The van der Waals surface area contributed by atoms with E-state index in [0.29, 0.717) is 32.7 Å². The van der Waals surface area contributed by atoms with Crippen LogP contribution in [0.15, 0.2) is 30.3 Å². The second-order valence-corrected chi connectivity index (χ2v) is 6.98. The van der Waals surface area contributed by atoms with Crippen LogP contribution >= 0.6 is 0 Å². The zero-order valence-corrected chi connectivity index (χ0v) is 14.6. The monoisotopic (exact) mass is 366 g/mol. The fraction of sp³-hybridized carbons (Fsp3) is 0.579. The number of hydrogen-bond acceptors (Lipinski definition) is 3. The van der Waals surface area contributed by atoms with Crippen LogP contribution in [0.5, 0.6) is 0 Å². The third kappa shape index (κ3) is 4.78. The van der Waals surface area contributed by atoms with Gasteiger partial charge in [-0.2, -0.15) is 0 Å². The van der Waals surface area contributed by atoms with E-state index >= 15 is 0 Å². The molecule has 7 heteroatoms. The Morgan fingerprint density at radius 3 is 2.54 bits per heavy atom. The number of carbonyl (C=O) groups excluding carboxylic acids is 2. The normalized spacial score (nSPS) is 23.5. The van der Waals surface area contributed by atoms with Gasteiger partial charge in [-0.05, 0) is 12.0 Å². The highest BCUT2D eigenvalue weighted by Gasteiger charge is 2.43. The summed E-state index contributed by atoms with van der Waals surface area (Å²) in [6.45, 7) is 1.88. The van der Waals surface area contributed by atoms with Gasteiger partial charge in [0.1, 0.15) is 6.04 Å². The van der Waals surface area contributed by atoms with Crippen molar-refractivity contribution in [3.05, 3.63) is 35.9 Å². The second-order valence-electron chi connectivity index (χ2n) is 6.98. The smallest absolute Gasteiger partial charge is 0.248 e. The van der Waals surface area contributed by atoms with E-state index in [-0.39, 0.29) is 18.7 Å². The standard InChI is InChI=1S/C19H24F2N2O3/c20-19(21)7-6-15(13-19)17(24)22-16(12-14-4-2-1-3-5-14)18(25)23-8-10-26-11-9-23/h1-5,15-16H,6-13H2,(H,22,24). The van der Waals surface area contributed by atoms with E-state index in [1.165, 1.54) is 0 Å². The lowest BCUT2D eigenvalue weighted by atomic mass is 10.0. The number of alkyl halides is 2. The highest BCUT2D eigenvalue weighted by atomic mass is 19.3. The van der Waals surface area contributed by atoms with Crippen LogP contribution in [0.25, 0.3) is 0 Å². The number of hydrogen-bond donors (Lipinski definition) is 1. The first-order valence-electron chi connectivity index (χ1n) is 9.03. The lowest BCUT2D eigenvalue weighted by molar-refractivity contribution is -0.140. The van der Waals surface area contributed by atoms with E-state index in [2.05, 4.69) is 5.32 Å². The molecule has 5 nitrogen and oxygen atoms in total. The van der Waals surface area contributed by atoms with E-state index in [1.807, 2.05) is 30.3 Å². The number of amides is 2. The van der Waals surface area contributed by atoms with Crippen molar-refractivity contribution >= 4 is 11.8 Å². The minimum absolute atomic E-state index is 0.155. The average Bonchev–Trinajstić information content (AvgIpc) is 3.02. The van der Waals surface area contributed by atoms with Crippen molar-refractivity contribution in [1.82, 2.24) is 10.2 Å². The van der Waals surface area contributed by atoms with Gasteiger partial charge < -0.3 is 15.0 Å². The molecule has 1 aromatic carbocycles. The van der Waals surface area contributed by atoms with E-state index in [9.17, 15) is 18.4 Å². The molecule has 1 saturated carbocycles. The molecular formula is C19H24F2N2O3. The molecule has 2 aliphatic rings. The fourth-order valence-electron chi connectivity index (χ4n) is 3.52. The van der Waals surface area contributed by atoms with Crippen LogP contribution < -0.4 is 5.32 Å². The van der Waals surface area contributed by atoms with Crippen molar-refractivity contribution in [2.45, 2.75) is 37.6 Å². The number of nitrogens with one attached hydrogen (secondary N) is 1. The summed E-state index contributed by atoms with van der Waals surface area (Å²) in [4.78, 5) is 27.0. The molecule has 1 aliphatic carbocycles. The van der Waals surface area contributed by atoms with Gasteiger partial charge in [-0.15, -0.1) is 0 Å². The molecule has 0 bridgehead atoms. The first-order chi connectivity index (χ1) is 12.4. The molecule has 0 radical (unpaired) electrons. The van der Waals surface area contributed by atoms with Crippen LogP contribution in [-0.4, -0.2) is 55.0 Å². The summed E-state index contributed by atoms with van der Waals surface area (Å²) >= 11 is 0. The summed E-state index contributed by atoms with van der Waals surface area (Å²) in [7, 11) is 0. The maximum Gasteiger partial charge on any atom is 0.248 e. The zero-order valence-electron chi connectivity index (χ0n) is 14.6. The quantitative estimate of drug-likeness (QED) is 0.867. The molecule has 1 saturated heterocycles. The molecule has 3 rings (SSSR count). The van der Waals surface area contributed by atoms with Crippen LogP contribution in [-0.2, 0) is 20.7 Å². The van der Waals surface area contributed by atoms with Crippen molar-refractivity contribution in [2.24, 2.45) is 5.92 Å². The third-order valence-corrected chi connectivity index (χ3v) is 4.99. The number of morpholine rings is 1. The minimum Gasteiger partial charge on any atom is -0.378 e. The molecule has 2 atom stereocenters. The Bertz CT molecular complexity index is 633. The van der Waals surface area contributed by atoms with Gasteiger partial charge in [0.05, 0.1) is 13.2 Å². The maximum absolute atomic E-state index is 13.4. The van der Waals surface area contributed by atoms with Gasteiger partial charge in [-0.1, -0.05) is 30.3 Å². The van der Waals surface area contributed by atoms with Gasteiger partial charge in [-0.25, -0.2) is 8.78 Å². The van der Waals surface area contributed by atoms with Crippen LogP contribution in [0.4, 0.5) is 8.78 Å². The molecule has 2 amide bonds. The van der Waals surface area contributed by atoms with Crippen LogP contribution in [0.3, 0.4) is 0 Å². The molecule has 1 heterocycles. The molecule has 1 aromatic rings. The van der Waals surface area contributed by atoms with Gasteiger partial charge >= 0.3 is 0 Å². The molecule has 1 N–H and O–H groups in total. The lowest BCUT2D eigenvalue weighted by Crippen LogP contribution is -2.53. The Morgan fingerprint density at radius 2 is 1.92 bits per heavy atom. The Morgan fingerprint density at radius 1 is 1.23 bits per heavy atom. The highest BCUT2D eigenvalue weighted by Crippen LogP contribution is 2.38. The summed E-state index contributed by atoms with van der Waals surface area (Å²) in [5, 5.41) is 2.74. The number of ether oxygens (including phenoxy) is 1. The Balaban J connectivity index is 1.69. The average molecular weight is 366 g/mol. The van der Waals surface area contributed by atoms with Gasteiger partial charge in [0, 0.05) is 38.3 Å². The van der Waals surface area contributed by atoms with Gasteiger partial charge in [0.25, 0.3) is 0 Å². The van der Waals surface area contributed by atoms with Crippen molar-refractivity contribution in [3.8, 4) is 0 Å². The number of benzene rings is 1. The Labute approximate surface area is 151 Å². The number of rotatable bonds is 5. The number of carbonyl (C=O) groups is 2. The summed E-state index contributed by atoms with van der Waals surface area (Å²) in [5.41, 5.74) is 0.913. The van der Waals surface area contributed by atoms with Crippen molar-refractivity contribution in [2.75, 3.05) is 26.3 Å². The molecule has 26 heavy (non-hydrogen) atoms. The van der Waals surface area contributed by atoms with E-state index in [0.717, 1.165) is 5.56 Å². The predicted octanol–water partition coefficient (Wildman–Crippen LogP) is 2.01. The van der Waals surface area contributed by atoms with Gasteiger partial charge in [0.15, 0.2) is 0 Å². The number of halogens is 2. The van der Waals surface area contributed by atoms with E-state index in [1.54, 1.807) is 4.90 Å². The SMILES string of the molecule is O=C(NC(Cc1ccccc1)C(=O)N1CCOCC1)C1CCC(F)(F)C1. The van der Waals surface area contributed by atoms with Crippen LogP contribution in [0.1, 0.15) is 24.8 Å². The molecule has 0 aromatic heterocycles. The van der Waals surface area contributed by atoms with Gasteiger partial charge in [0.2, 0.25) is 17.7 Å². The molecular weight excluding hydrogens is 342 g/mol. The topological polar surface area (TPSA) is 58.6 Å². The molecule has 1 aliphatic heterocycles. The summed E-state index contributed by atoms with van der Waals surface area (Å²) in [6.07, 6.45) is -0.219. The van der Waals surface area contributed by atoms with Gasteiger partial charge in [-0.3, -0.25) is 9.59 Å². The first-order valence-corrected chi connectivity index (χ1v) is 9.03. The first kappa shape index (κ1) is 18.8. The second kappa shape index (κ2) is 8.12. The predicted molar refractivity (Wildman–Crippen MR) is 91.8 cm³/mol. The van der Waals surface area contributed by atoms with Crippen molar-refractivity contribution in [3.63, 3.8) is 0 Å². The van der Waals surface area contributed by atoms with Crippen LogP contribution in [0, 0.1) is 5.92 Å². The molecule has 2 fully saturated rings.